The van der Waals surface area contributed by atoms with Crippen LogP contribution in [0.3, 0.4) is 0 Å². The first kappa shape index (κ1) is 11.8. The molecule has 0 aromatic heterocycles. The average molecular weight is 217 g/mol. The Balaban J connectivity index is 3.14. The number of halogens is 2. The Kier molecular flexibility index (Phi) is 3.96. The van der Waals surface area contributed by atoms with E-state index in [2.05, 4.69) is 15.5 Å². The molecule has 4 N–H and O–H groups in total. The number of ether oxygens (including phenoxy) is 1. The van der Waals surface area contributed by atoms with Gasteiger partial charge in [0.15, 0.2) is 11.6 Å². The van der Waals surface area contributed by atoms with Crippen LogP contribution in [0.25, 0.3) is 0 Å². The number of methoxy groups -OCH3 is 1. The van der Waals surface area contributed by atoms with Crippen molar-refractivity contribution in [2.24, 2.45) is 5.84 Å². The average Bonchev–Trinajstić information content (AvgIpc) is 2.24. The molecule has 0 bridgehead atoms. The minimum atomic E-state index is -0.648. The summed E-state index contributed by atoms with van der Waals surface area (Å²) in [7, 11) is 2.85. The number of hydrogen-bond acceptors (Lipinski definition) is 4. The fourth-order valence-corrected chi connectivity index (χ4v) is 1.25. The van der Waals surface area contributed by atoms with Crippen molar-refractivity contribution in [3.63, 3.8) is 0 Å². The van der Waals surface area contributed by atoms with Gasteiger partial charge < -0.3 is 10.1 Å². The number of nitrogens with two attached hydrogens (primary N) is 1. The highest BCUT2D eigenvalue weighted by molar-refractivity contribution is 5.32. The van der Waals surface area contributed by atoms with Crippen LogP contribution in [0.2, 0.25) is 0 Å². The molecular formula is C9H13F2N3O. The van der Waals surface area contributed by atoms with E-state index >= 15 is 0 Å². The zero-order chi connectivity index (χ0) is 11.4. The second kappa shape index (κ2) is 5.01. The summed E-state index contributed by atoms with van der Waals surface area (Å²) in [6.45, 7) is 0. The summed E-state index contributed by atoms with van der Waals surface area (Å²) >= 11 is 0. The molecule has 1 rings (SSSR count). The standard InChI is InChI=1S/C9H13F2N3O/c1-13-9(14-12)5-3-7(11)8(15-2)4-6(5)10/h3-4,9,13-14H,12H2,1-2H3. The SMILES string of the molecule is CNC(NN)c1cc(F)c(OC)cc1F. The number of rotatable bonds is 4. The second-order valence-electron chi connectivity index (χ2n) is 2.90. The van der Waals surface area contributed by atoms with Crippen molar-refractivity contribution in [2.45, 2.75) is 6.17 Å². The Morgan fingerprint density at radius 3 is 2.47 bits per heavy atom. The largest absolute Gasteiger partial charge is 0.494 e. The molecule has 1 unspecified atom stereocenters. The van der Waals surface area contributed by atoms with Crippen molar-refractivity contribution < 1.29 is 13.5 Å². The highest BCUT2D eigenvalue weighted by Gasteiger charge is 2.16. The first-order valence-electron chi connectivity index (χ1n) is 4.30. The highest BCUT2D eigenvalue weighted by atomic mass is 19.1. The normalized spacial score (nSPS) is 12.6. The molecule has 84 valence electrons. The van der Waals surface area contributed by atoms with E-state index in [1.165, 1.54) is 7.11 Å². The third kappa shape index (κ3) is 2.41. The summed E-state index contributed by atoms with van der Waals surface area (Å²) in [6, 6.07) is 2.02. The van der Waals surface area contributed by atoms with Crippen molar-refractivity contribution in [1.29, 1.82) is 0 Å². The van der Waals surface area contributed by atoms with Gasteiger partial charge in [-0.15, -0.1) is 0 Å². The lowest BCUT2D eigenvalue weighted by molar-refractivity contribution is 0.378. The van der Waals surface area contributed by atoms with Crippen molar-refractivity contribution in [2.75, 3.05) is 14.2 Å². The number of hydrazine groups is 1. The smallest absolute Gasteiger partial charge is 0.165 e. The predicted molar refractivity (Wildman–Crippen MR) is 52.0 cm³/mol. The lowest BCUT2D eigenvalue weighted by atomic mass is 10.1. The Labute approximate surface area is 86.4 Å². The lowest BCUT2D eigenvalue weighted by Gasteiger charge is -2.16. The molecule has 0 aliphatic heterocycles. The molecular weight excluding hydrogens is 204 g/mol. The molecule has 0 amide bonds. The van der Waals surface area contributed by atoms with Crippen molar-refractivity contribution in [3.8, 4) is 5.75 Å². The monoisotopic (exact) mass is 217 g/mol. The molecule has 4 nitrogen and oxygen atoms in total. The Bertz CT molecular complexity index is 342. The molecule has 0 aliphatic rings. The van der Waals surface area contributed by atoms with Crippen LogP contribution < -0.4 is 21.3 Å². The fourth-order valence-electron chi connectivity index (χ4n) is 1.25. The maximum absolute atomic E-state index is 13.5. The Hall–Kier alpha value is -1.24. The second-order valence-corrected chi connectivity index (χ2v) is 2.90. The first-order valence-corrected chi connectivity index (χ1v) is 4.30. The number of nitrogens with one attached hydrogen (secondary N) is 2. The van der Waals surface area contributed by atoms with Gasteiger partial charge in [0.1, 0.15) is 5.82 Å². The Morgan fingerprint density at radius 1 is 1.33 bits per heavy atom. The third-order valence-electron chi connectivity index (χ3n) is 2.04. The summed E-state index contributed by atoms with van der Waals surface area (Å²) in [4.78, 5) is 0. The van der Waals surface area contributed by atoms with Crippen LogP contribution in [-0.2, 0) is 0 Å². The van der Waals surface area contributed by atoms with E-state index in [1.54, 1.807) is 7.05 Å². The predicted octanol–water partition coefficient (Wildman–Crippen LogP) is 0.655. The zero-order valence-corrected chi connectivity index (χ0v) is 8.47. The van der Waals surface area contributed by atoms with Crippen LogP contribution in [0, 0.1) is 11.6 Å². The molecule has 0 saturated heterocycles. The molecule has 0 saturated carbocycles. The molecule has 6 heteroatoms. The summed E-state index contributed by atoms with van der Waals surface area (Å²) in [6.07, 6.45) is -0.648. The molecule has 15 heavy (non-hydrogen) atoms. The number of benzene rings is 1. The van der Waals surface area contributed by atoms with Crippen molar-refractivity contribution in [3.05, 3.63) is 29.3 Å². The Morgan fingerprint density at radius 2 is 2.00 bits per heavy atom. The molecule has 1 atom stereocenters. The maximum Gasteiger partial charge on any atom is 0.165 e. The van der Waals surface area contributed by atoms with Crippen LogP contribution in [0.1, 0.15) is 11.7 Å². The van der Waals surface area contributed by atoms with Crippen LogP contribution >= 0.6 is 0 Å². The van der Waals surface area contributed by atoms with Crippen LogP contribution in [0.4, 0.5) is 8.78 Å². The van der Waals surface area contributed by atoms with E-state index in [0.29, 0.717) is 0 Å². The van der Waals surface area contributed by atoms with Gasteiger partial charge in [0, 0.05) is 11.6 Å². The first-order chi connectivity index (χ1) is 7.13. The van der Waals surface area contributed by atoms with Crippen molar-refractivity contribution >= 4 is 0 Å². The summed E-state index contributed by atoms with van der Waals surface area (Å²) in [5, 5.41) is 2.69. The van der Waals surface area contributed by atoms with Gasteiger partial charge in [-0.1, -0.05) is 0 Å². The van der Waals surface area contributed by atoms with Gasteiger partial charge in [-0.3, -0.25) is 5.84 Å². The molecule has 0 aliphatic carbocycles. The summed E-state index contributed by atoms with van der Waals surface area (Å²) < 4.78 is 31.4. The molecule has 0 heterocycles. The van der Waals surface area contributed by atoms with E-state index in [-0.39, 0.29) is 11.3 Å². The van der Waals surface area contributed by atoms with Crippen molar-refractivity contribution in [1.82, 2.24) is 10.7 Å². The molecule has 1 aromatic rings. The third-order valence-corrected chi connectivity index (χ3v) is 2.04. The van der Waals surface area contributed by atoms with Crippen LogP contribution in [0.15, 0.2) is 12.1 Å². The molecule has 0 fully saturated rings. The molecule has 0 spiro atoms. The van der Waals surface area contributed by atoms with Gasteiger partial charge in [-0.25, -0.2) is 14.2 Å². The minimum Gasteiger partial charge on any atom is -0.494 e. The van der Waals surface area contributed by atoms with Crippen LogP contribution in [-0.4, -0.2) is 14.2 Å². The zero-order valence-electron chi connectivity index (χ0n) is 8.47. The van der Waals surface area contributed by atoms with Gasteiger partial charge in [0.05, 0.1) is 13.3 Å². The van der Waals surface area contributed by atoms with Gasteiger partial charge >= 0.3 is 0 Å². The van der Waals surface area contributed by atoms with Crippen LogP contribution in [0.5, 0.6) is 5.75 Å². The minimum absolute atomic E-state index is 0.0956. The van der Waals surface area contributed by atoms with E-state index in [4.69, 9.17) is 5.84 Å². The van der Waals surface area contributed by atoms with Gasteiger partial charge in [-0.2, -0.15) is 0 Å². The maximum atomic E-state index is 13.5. The van der Waals surface area contributed by atoms with Gasteiger partial charge in [0.2, 0.25) is 0 Å². The highest BCUT2D eigenvalue weighted by Crippen LogP contribution is 2.23. The topological polar surface area (TPSA) is 59.3 Å². The summed E-state index contributed by atoms with van der Waals surface area (Å²) in [5.41, 5.74) is 2.41. The van der Waals surface area contributed by atoms with E-state index in [0.717, 1.165) is 12.1 Å². The number of hydrogen-bond donors (Lipinski definition) is 3. The van der Waals surface area contributed by atoms with Gasteiger partial charge in [-0.05, 0) is 13.1 Å². The molecule has 1 aromatic carbocycles. The lowest BCUT2D eigenvalue weighted by Crippen LogP contribution is -2.37. The quantitative estimate of drug-likeness (QED) is 0.394. The van der Waals surface area contributed by atoms with E-state index in [9.17, 15) is 8.78 Å². The molecule has 0 radical (unpaired) electrons. The van der Waals surface area contributed by atoms with Gasteiger partial charge in [0.25, 0.3) is 0 Å². The van der Waals surface area contributed by atoms with E-state index < -0.39 is 17.8 Å². The fraction of sp³-hybridized carbons (Fsp3) is 0.333. The summed E-state index contributed by atoms with van der Waals surface area (Å²) in [5.74, 6) is 3.81. The van der Waals surface area contributed by atoms with E-state index in [1.807, 2.05) is 0 Å².